The lowest BCUT2D eigenvalue weighted by Gasteiger charge is -2.25. The fraction of sp³-hybridized carbons (Fsp3) is 0.296. The fourth-order valence-corrected chi connectivity index (χ4v) is 5.73. The molecule has 0 N–H and O–H groups in total. The molecule has 200 valence electrons. The molecular weight excluding hydrogens is 576 g/mol. The lowest BCUT2D eigenvalue weighted by atomic mass is 9.95. The maximum Gasteiger partial charge on any atom is 0.338 e. The summed E-state index contributed by atoms with van der Waals surface area (Å²) in [5.41, 5.74) is 1.83. The van der Waals surface area contributed by atoms with E-state index in [0.29, 0.717) is 43.6 Å². The van der Waals surface area contributed by atoms with Crippen molar-refractivity contribution in [3.63, 3.8) is 0 Å². The Morgan fingerprint density at radius 2 is 1.66 bits per heavy atom. The van der Waals surface area contributed by atoms with Crippen LogP contribution in [0, 0.1) is 0 Å². The Hall–Kier alpha value is -3.57. The number of rotatable bonds is 8. The van der Waals surface area contributed by atoms with Gasteiger partial charge in [0.05, 0.1) is 56.9 Å². The molecule has 2 aromatic carbocycles. The van der Waals surface area contributed by atoms with Crippen molar-refractivity contribution in [1.29, 1.82) is 0 Å². The predicted molar refractivity (Wildman–Crippen MR) is 147 cm³/mol. The van der Waals surface area contributed by atoms with E-state index in [1.165, 1.54) is 23.0 Å². The first-order valence-corrected chi connectivity index (χ1v) is 13.2. The topological polar surface area (TPSA) is 97.6 Å². The number of aromatic nitrogens is 1. The highest BCUT2D eigenvalue weighted by Crippen LogP contribution is 2.36. The van der Waals surface area contributed by atoms with Crippen LogP contribution < -0.4 is 33.8 Å². The van der Waals surface area contributed by atoms with Crippen LogP contribution in [0.3, 0.4) is 0 Å². The summed E-state index contributed by atoms with van der Waals surface area (Å²) >= 11 is 4.78. The third-order valence-corrected chi connectivity index (χ3v) is 7.70. The molecule has 11 heteroatoms. The minimum atomic E-state index is -0.777. The number of methoxy groups -OCH3 is 4. The Balaban J connectivity index is 1.97. The molecule has 38 heavy (non-hydrogen) atoms. The van der Waals surface area contributed by atoms with Crippen molar-refractivity contribution in [3.8, 4) is 23.0 Å². The van der Waals surface area contributed by atoms with Gasteiger partial charge in [0.25, 0.3) is 5.56 Å². The molecule has 4 rings (SSSR count). The zero-order valence-corrected chi connectivity index (χ0v) is 24.2. The number of hydrogen-bond acceptors (Lipinski definition) is 9. The smallest absolute Gasteiger partial charge is 0.338 e. The number of ether oxygens (including phenoxy) is 5. The molecule has 9 nitrogen and oxygen atoms in total. The quantitative estimate of drug-likeness (QED) is 0.363. The van der Waals surface area contributed by atoms with Gasteiger partial charge in [-0.2, -0.15) is 0 Å². The van der Waals surface area contributed by atoms with Gasteiger partial charge in [0.2, 0.25) is 0 Å². The van der Waals surface area contributed by atoms with E-state index < -0.39 is 12.0 Å². The molecule has 0 unspecified atom stereocenters. The maximum absolute atomic E-state index is 13.9. The van der Waals surface area contributed by atoms with Gasteiger partial charge in [0.15, 0.2) is 27.8 Å². The molecule has 0 saturated carbocycles. The Morgan fingerprint density at radius 1 is 1.03 bits per heavy atom. The van der Waals surface area contributed by atoms with Crippen molar-refractivity contribution in [1.82, 2.24) is 4.57 Å². The molecule has 0 radical (unpaired) electrons. The highest BCUT2D eigenvalue weighted by atomic mass is 79.9. The monoisotopic (exact) mass is 602 g/mol. The lowest BCUT2D eigenvalue weighted by Crippen LogP contribution is -2.40. The number of fused-ring (bicyclic) bond motifs is 1. The van der Waals surface area contributed by atoms with Crippen molar-refractivity contribution < 1.29 is 28.5 Å². The largest absolute Gasteiger partial charge is 0.493 e. The molecule has 0 amide bonds. The number of hydrogen-bond donors (Lipinski definition) is 0. The van der Waals surface area contributed by atoms with Gasteiger partial charge in [-0.15, -0.1) is 0 Å². The third kappa shape index (κ3) is 4.95. The number of benzene rings is 2. The molecule has 1 aliphatic rings. The fourth-order valence-electron chi connectivity index (χ4n) is 4.25. The summed E-state index contributed by atoms with van der Waals surface area (Å²) < 4.78 is 29.7. The van der Waals surface area contributed by atoms with Crippen LogP contribution in [0.2, 0.25) is 0 Å². The Morgan fingerprint density at radius 3 is 2.29 bits per heavy atom. The number of carbonyl (C=O) groups is 1. The molecule has 0 fully saturated rings. The standard InChI is InChI=1S/C27H27BrN2O7S/c1-7-37-26(32)23-14(2)29-27-30(24(23)15-8-9-18(33-3)19(10-15)34-4)25(31)22(38-27)12-16-11-20(35-5)21(36-6)13-17(16)28/h8-13,24H,7H2,1-6H3/t24-/m0/s1. The SMILES string of the molecule is CCOC(=O)C1=C(C)N=c2sc(=Cc3cc(OC)c(OC)cc3Br)c(=O)n2[C@H]1c1ccc(OC)c(OC)c1. The summed E-state index contributed by atoms with van der Waals surface area (Å²) in [5, 5.41) is 0. The number of allylic oxidation sites excluding steroid dienone is 1. The minimum absolute atomic E-state index is 0.187. The molecule has 1 aromatic heterocycles. The van der Waals surface area contributed by atoms with Crippen LogP contribution in [0.25, 0.3) is 6.08 Å². The molecule has 1 atom stereocenters. The van der Waals surface area contributed by atoms with Crippen LogP contribution in [0.1, 0.15) is 31.0 Å². The van der Waals surface area contributed by atoms with Gasteiger partial charge in [-0.3, -0.25) is 9.36 Å². The van der Waals surface area contributed by atoms with Crippen molar-refractivity contribution in [2.45, 2.75) is 19.9 Å². The summed E-state index contributed by atoms with van der Waals surface area (Å²) in [7, 11) is 6.17. The third-order valence-electron chi connectivity index (χ3n) is 6.03. The van der Waals surface area contributed by atoms with Crippen LogP contribution in [-0.4, -0.2) is 45.6 Å². The molecule has 0 spiro atoms. The van der Waals surface area contributed by atoms with Gasteiger partial charge >= 0.3 is 5.97 Å². The molecule has 2 heterocycles. The highest BCUT2D eigenvalue weighted by molar-refractivity contribution is 9.10. The first kappa shape index (κ1) is 27.5. The van der Waals surface area contributed by atoms with E-state index in [0.717, 1.165) is 10.0 Å². The second-order valence-corrected chi connectivity index (χ2v) is 10.0. The van der Waals surface area contributed by atoms with E-state index in [4.69, 9.17) is 23.7 Å². The molecular formula is C27H27BrN2O7S. The summed E-state index contributed by atoms with van der Waals surface area (Å²) in [5.74, 6) is 1.55. The van der Waals surface area contributed by atoms with Gasteiger partial charge in [0, 0.05) is 4.47 Å². The number of thiazole rings is 1. The van der Waals surface area contributed by atoms with Crippen LogP contribution >= 0.6 is 27.3 Å². The molecule has 0 saturated heterocycles. The Bertz CT molecular complexity index is 1610. The van der Waals surface area contributed by atoms with Crippen molar-refractivity contribution in [3.05, 3.63) is 76.9 Å². The summed E-state index contributed by atoms with van der Waals surface area (Å²) in [6.07, 6.45) is 1.75. The van der Waals surface area contributed by atoms with Crippen LogP contribution in [0.15, 0.2) is 55.9 Å². The molecule has 0 bridgehead atoms. The van der Waals surface area contributed by atoms with E-state index in [1.54, 1.807) is 71.6 Å². The van der Waals surface area contributed by atoms with Crippen LogP contribution in [-0.2, 0) is 9.53 Å². The van der Waals surface area contributed by atoms with Gasteiger partial charge in [-0.05, 0) is 55.3 Å². The van der Waals surface area contributed by atoms with E-state index in [1.807, 2.05) is 0 Å². The molecule has 1 aliphatic heterocycles. The molecule has 0 aliphatic carbocycles. The van der Waals surface area contributed by atoms with E-state index in [9.17, 15) is 9.59 Å². The second-order valence-electron chi connectivity index (χ2n) is 8.15. The zero-order valence-electron chi connectivity index (χ0n) is 21.8. The molecule has 3 aromatic rings. The van der Waals surface area contributed by atoms with Crippen molar-refractivity contribution in [2.75, 3.05) is 35.0 Å². The lowest BCUT2D eigenvalue weighted by molar-refractivity contribution is -0.139. The Labute approximate surface area is 231 Å². The van der Waals surface area contributed by atoms with E-state index >= 15 is 0 Å². The zero-order chi connectivity index (χ0) is 27.6. The van der Waals surface area contributed by atoms with Crippen LogP contribution in [0.5, 0.6) is 23.0 Å². The van der Waals surface area contributed by atoms with Crippen molar-refractivity contribution in [2.24, 2.45) is 4.99 Å². The number of halogens is 1. The first-order chi connectivity index (χ1) is 18.3. The number of nitrogens with zero attached hydrogens (tertiary/aromatic N) is 2. The van der Waals surface area contributed by atoms with Gasteiger partial charge in [-0.25, -0.2) is 9.79 Å². The number of esters is 1. The first-order valence-electron chi connectivity index (χ1n) is 11.6. The van der Waals surface area contributed by atoms with Gasteiger partial charge in [0.1, 0.15) is 0 Å². The maximum atomic E-state index is 13.9. The Kier molecular flexibility index (Phi) is 8.27. The van der Waals surface area contributed by atoms with E-state index in [-0.39, 0.29) is 17.7 Å². The summed E-state index contributed by atoms with van der Waals surface area (Å²) in [4.78, 5) is 32.1. The predicted octanol–water partition coefficient (Wildman–Crippen LogP) is 3.60. The van der Waals surface area contributed by atoms with Gasteiger partial charge < -0.3 is 23.7 Å². The van der Waals surface area contributed by atoms with Gasteiger partial charge in [-0.1, -0.05) is 33.3 Å². The minimum Gasteiger partial charge on any atom is -0.493 e. The average molecular weight is 603 g/mol. The second kappa shape index (κ2) is 11.4. The average Bonchev–Trinajstić information content (AvgIpc) is 3.22. The van der Waals surface area contributed by atoms with Crippen molar-refractivity contribution >= 4 is 39.3 Å². The highest BCUT2D eigenvalue weighted by Gasteiger charge is 2.34. The van der Waals surface area contributed by atoms with E-state index in [2.05, 4.69) is 20.9 Å². The number of carbonyl (C=O) groups excluding carboxylic acids is 1. The normalized spacial score (nSPS) is 15.0. The van der Waals surface area contributed by atoms with Crippen LogP contribution in [0.4, 0.5) is 0 Å². The summed E-state index contributed by atoms with van der Waals surface area (Å²) in [6, 6.07) is 8.07. The summed E-state index contributed by atoms with van der Waals surface area (Å²) in [6.45, 7) is 3.66.